The Hall–Kier alpha value is -1.44. The predicted octanol–water partition coefficient (Wildman–Crippen LogP) is 1.70. The number of benzene rings is 1. The molecule has 0 amide bonds. The van der Waals surface area contributed by atoms with Gasteiger partial charge in [0.15, 0.2) is 0 Å². The van der Waals surface area contributed by atoms with E-state index in [1.807, 2.05) is 6.92 Å². The number of rotatable bonds is 7. The molecule has 0 saturated carbocycles. The highest BCUT2D eigenvalue weighted by atomic mass is 32.2. The molecule has 21 heavy (non-hydrogen) atoms. The van der Waals surface area contributed by atoms with E-state index in [4.69, 9.17) is 9.84 Å². The summed E-state index contributed by atoms with van der Waals surface area (Å²) in [5.41, 5.74) is 1.02. The number of carbonyl (C=O) groups is 1. The minimum Gasteiger partial charge on any atom is -0.478 e. The Balaban J connectivity index is 3.08. The van der Waals surface area contributed by atoms with Crippen LogP contribution in [0.3, 0.4) is 0 Å². The van der Waals surface area contributed by atoms with E-state index in [0.717, 1.165) is 0 Å². The Morgan fingerprint density at radius 3 is 2.48 bits per heavy atom. The summed E-state index contributed by atoms with van der Waals surface area (Å²) in [7, 11) is -3.77. The molecule has 0 heterocycles. The predicted molar refractivity (Wildman–Crippen MR) is 79.2 cm³/mol. The zero-order chi connectivity index (χ0) is 16.2. The molecule has 0 bridgehead atoms. The molecule has 0 aromatic heterocycles. The molecule has 0 radical (unpaired) electrons. The molecule has 1 rings (SSSR count). The molecule has 2 N–H and O–H groups in total. The van der Waals surface area contributed by atoms with Gasteiger partial charge in [-0.25, -0.2) is 17.9 Å². The second kappa shape index (κ2) is 7.02. The second-order valence-electron chi connectivity index (χ2n) is 4.86. The van der Waals surface area contributed by atoms with Crippen LogP contribution >= 0.6 is 0 Å². The number of aromatic carboxylic acids is 1. The summed E-state index contributed by atoms with van der Waals surface area (Å²) < 4.78 is 32.3. The van der Waals surface area contributed by atoms with E-state index in [9.17, 15) is 13.2 Å². The largest absolute Gasteiger partial charge is 0.478 e. The van der Waals surface area contributed by atoms with Crippen LogP contribution in [0.4, 0.5) is 0 Å². The van der Waals surface area contributed by atoms with Gasteiger partial charge in [0.05, 0.1) is 16.6 Å². The molecular formula is C14H21NO5S. The first-order chi connectivity index (χ1) is 9.69. The van der Waals surface area contributed by atoms with Crippen molar-refractivity contribution in [2.24, 2.45) is 0 Å². The summed E-state index contributed by atoms with van der Waals surface area (Å²) in [6.07, 6.45) is -0.255. The summed E-state index contributed by atoms with van der Waals surface area (Å²) in [6, 6.07) is 2.75. The van der Waals surface area contributed by atoms with E-state index in [1.54, 1.807) is 26.8 Å². The fraction of sp³-hybridized carbons (Fsp3) is 0.500. The number of ether oxygens (including phenoxy) is 1. The molecule has 0 saturated heterocycles. The van der Waals surface area contributed by atoms with Crippen molar-refractivity contribution in [3.63, 3.8) is 0 Å². The molecule has 6 nitrogen and oxygen atoms in total. The van der Waals surface area contributed by atoms with E-state index >= 15 is 0 Å². The first kappa shape index (κ1) is 17.6. The number of aryl methyl sites for hydroxylation is 2. The van der Waals surface area contributed by atoms with E-state index in [1.165, 1.54) is 6.07 Å². The van der Waals surface area contributed by atoms with Crippen molar-refractivity contribution in [1.82, 2.24) is 4.72 Å². The number of hydrogen-bond acceptors (Lipinski definition) is 4. The Bertz CT molecular complexity index is 624. The minimum absolute atomic E-state index is 0.0150. The van der Waals surface area contributed by atoms with Crippen molar-refractivity contribution in [2.75, 3.05) is 13.2 Å². The average Bonchev–Trinajstić information content (AvgIpc) is 2.36. The van der Waals surface area contributed by atoms with Crippen molar-refractivity contribution in [3.8, 4) is 0 Å². The normalized spacial score (nSPS) is 13.1. The molecule has 1 aromatic rings. The fourth-order valence-electron chi connectivity index (χ4n) is 2.00. The lowest BCUT2D eigenvalue weighted by Crippen LogP contribution is -2.32. The molecule has 1 unspecified atom stereocenters. The van der Waals surface area contributed by atoms with Gasteiger partial charge in [-0.1, -0.05) is 6.07 Å². The van der Waals surface area contributed by atoms with Gasteiger partial charge in [0.2, 0.25) is 10.0 Å². The maximum atomic E-state index is 12.3. The van der Waals surface area contributed by atoms with Crippen LogP contribution in [0.15, 0.2) is 17.0 Å². The monoisotopic (exact) mass is 315 g/mol. The van der Waals surface area contributed by atoms with Gasteiger partial charge in [0.1, 0.15) is 0 Å². The van der Waals surface area contributed by atoms with Gasteiger partial charge in [-0.3, -0.25) is 0 Å². The van der Waals surface area contributed by atoms with Gasteiger partial charge in [-0.15, -0.1) is 0 Å². The molecule has 0 spiro atoms. The molecule has 0 fully saturated rings. The Morgan fingerprint density at radius 1 is 1.33 bits per heavy atom. The first-order valence-electron chi connectivity index (χ1n) is 6.64. The van der Waals surface area contributed by atoms with E-state index in [0.29, 0.717) is 17.7 Å². The zero-order valence-corrected chi connectivity index (χ0v) is 13.5. The maximum Gasteiger partial charge on any atom is 0.335 e. The van der Waals surface area contributed by atoms with E-state index in [2.05, 4.69) is 4.72 Å². The summed E-state index contributed by atoms with van der Waals surface area (Å²) in [5.74, 6) is -1.15. The van der Waals surface area contributed by atoms with Gasteiger partial charge < -0.3 is 9.84 Å². The first-order valence-corrected chi connectivity index (χ1v) is 8.13. The lowest BCUT2D eigenvalue weighted by atomic mass is 10.1. The van der Waals surface area contributed by atoms with Gasteiger partial charge in [0.25, 0.3) is 0 Å². The van der Waals surface area contributed by atoms with Crippen LogP contribution in [0, 0.1) is 13.8 Å². The van der Waals surface area contributed by atoms with Gasteiger partial charge in [0, 0.05) is 13.2 Å². The number of carboxylic acid groups (broad SMARTS) is 1. The number of carboxylic acids is 1. The van der Waals surface area contributed by atoms with Crippen LogP contribution in [0.5, 0.6) is 0 Å². The minimum atomic E-state index is -3.77. The Morgan fingerprint density at radius 2 is 1.95 bits per heavy atom. The topological polar surface area (TPSA) is 92.7 Å². The molecule has 1 aromatic carbocycles. The average molecular weight is 315 g/mol. The molecule has 7 heteroatoms. The SMILES string of the molecule is CCOC(C)CNS(=O)(=O)c1cc(C(=O)O)c(C)cc1C. The Labute approximate surface area is 125 Å². The molecule has 0 aliphatic rings. The van der Waals surface area contributed by atoms with Crippen LogP contribution in [-0.4, -0.2) is 38.7 Å². The van der Waals surface area contributed by atoms with Gasteiger partial charge >= 0.3 is 5.97 Å². The molecule has 0 aliphatic carbocycles. The quantitative estimate of drug-likeness (QED) is 0.799. The fourth-order valence-corrected chi connectivity index (χ4v) is 3.37. The smallest absolute Gasteiger partial charge is 0.335 e. The second-order valence-corrected chi connectivity index (χ2v) is 6.59. The molecule has 0 aliphatic heterocycles. The summed E-state index contributed by atoms with van der Waals surface area (Å²) >= 11 is 0. The highest BCUT2D eigenvalue weighted by Crippen LogP contribution is 2.20. The van der Waals surface area contributed by atoms with Crippen molar-refractivity contribution in [3.05, 3.63) is 28.8 Å². The van der Waals surface area contributed by atoms with Crippen LogP contribution < -0.4 is 4.72 Å². The van der Waals surface area contributed by atoms with E-state index < -0.39 is 16.0 Å². The highest BCUT2D eigenvalue weighted by Gasteiger charge is 2.21. The number of hydrogen-bond donors (Lipinski definition) is 2. The van der Waals surface area contributed by atoms with Crippen molar-refractivity contribution in [1.29, 1.82) is 0 Å². The van der Waals surface area contributed by atoms with Crippen LogP contribution in [0.2, 0.25) is 0 Å². The van der Waals surface area contributed by atoms with Crippen molar-refractivity contribution < 1.29 is 23.1 Å². The standard InChI is InChI=1S/C14H21NO5S/c1-5-20-11(4)8-15-21(18,19)13-7-12(14(16)17)9(2)6-10(13)3/h6-7,11,15H,5,8H2,1-4H3,(H,16,17). The van der Waals surface area contributed by atoms with Crippen LogP contribution in [-0.2, 0) is 14.8 Å². The van der Waals surface area contributed by atoms with Gasteiger partial charge in [-0.05, 0) is 44.9 Å². The van der Waals surface area contributed by atoms with Gasteiger partial charge in [-0.2, -0.15) is 0 Å². The summed E-state index contributed by atoms with van der Waals surface area (Å²) in [5, 5.41) is 9.10. The third-order valence-corrected chi connectivity index (χ3v) is 4.62. The van der Waals surface area contributed by atoms with Crippen molar-refractivity contribution in [2.45, 2.75) is 38.7 Å². The maximum absolute atomic E-state index is 12.3. The highest BCUT2D eigenvalue weighted by molar-refractivity contribution is 7.89. The zero-order valence-electron chi connectivity index (χ0n) is 12.6. The lowest BCUT2D eigenvalue weighted by molar-refractivity contribution is 0.0695. The van der Waals surface area contributed by atoms with E-state index in [-0.39, 0.29) is 23.1 Å². The number of sulfonamides is 1. The molecular weight excluding hydrogens is 294 g/mol. The molecule has 118 valence electrons. The van der Waals surface area contributed by atoms with Crippen LogP contribution in [0.25, 0.3) is 0 Å². The van der Waals surface area contributed by atoms with Crippen LogP contribution in [0.1, 0.15) is 35.3 Å². The summed E-state index contributed by atoms with van der Waals surface area (Å²) in [4.78, 5) is 11.1. The summed E-state index contributed by atoms with van der Waals surface area (Å²) in [6.45, 7) is 7.49. The lowest BCUT2D eigenvalue weighted by Gasteiger charge is -2.15. The number of nitrogens with one attached hydrogen (secondary N) is 1. The third-order valence-electron chi connectivity index (χ3n) is 3.05. The molecule has 1 atom stereocenters. The third kappa shape index (κ3) is 4.52. The Kier molecular flexibility index (Phi) is 5.88. The van der Waals surface area contributed by atoms with Crippen molar-refractivity contribution >= 4 is 16.0 Å².